The number of epoxide rings is 1. The molecule has 1 heterocycles. The summed E-state index contributed by atoms with van der Waals surface area (Å²) in [7, 11) is 0. The van der Waals surface area contributed by atoms with Crippen molar-refractivity contribution in [1.29, 1.82) is 0 Å². The van der Waals surface area contributed by atoms with E-state index in [9.17, 15) is 0 Å². The summed E-state index contributed by atoms with van der Waals surface area (Å²) in [5, 5.41) is 0. The third-order valence-corrected chi connectivity index (χ3v) is 1.55. The largest absolute Gasteiger partial charge is 0.494 e. The summed E-state index contributed by atoms with van der Waals surface area (Å²) in [4.78, 5) is 0. The van der Waals surface area contributed by atoms with Crippen LogP contribution < -0.4 is 0 Å². The van der Waals surface area contributed by atoms with Gasteiger partial charge in [0.25, 0.3) is 0 Å². The summed E-state index contributed by atoms with van der Waals surface area (Å²) in [6.07, 6.45) is 6.68. The average Bonchev–Trinajstić information content (AvgIpc) is 2.84. The van der Waals surface area contributed by atoms with Gasteiger partial charge in [0.1, 0.15) is 5.76 Å². The van der Waals surface area contributed by atoms with Gasteiger partial charge in [-0.3, -0.25) is 0 Å². The average molecular weight is 166 g/mol. The van der Waals surface area contributed by atoms with Crippen molar-refractivity contribution >= 4 is 0 Å². The molecule has 66 valence electrons. The van der Waals surface area contributed by atoms with Gasteiger partial charge in [0, 0.05) is 6.42 Å². The lowest BCUT2D eigenvalue weighted by molar-refractivity contribution is 0.209. The van der Waals surface area contributed by atoms with Gasteiger partial charge in [-0.25, -0.2) is 0 Å². The normalized spacial score (nSPS) is 20.8. The summed E-state index contributed by atoms with van der Waals surface area (Å²) in [5.41, 5.74) is 0. The van der Waals surface area contributed by atoms with Crippen LogP contribution in [0.1, 0.15) is 6.42 Å². The number of hydrogen-bond acceptors (Lipinski definition) is 2. The van der Waals surface area contributed by atoms with E-state index in [0.29, 0.717) is 18.5 Å². The van der Waals surface area contributed by atoms with E-state index in [4.69, 9.17) is 9.47 Å². The second kappa shape index (κ2) is 4.78. The molecule has 1 fully saturated rings. The van der Waals surface area contributed by atoms with Gasteiger partial charge in [0.05, 0.1) is 19.3 Å². The predicted octanol–water partition coefficient (Wildman–Crippen LogP) is 2.05. The molecular weight excluding hydrogens is 152 g/mol. The minimum absolute atomic E-state index is 0.432. The highest BCUT2D eigenvalue weighted by molar-refractivity contribution is 5.12. The van der Waals surface area contributed by atoms with E-state index in [1.807, 2.05) is 0 Å². The first kappa shape index (κ1) is 9.07. The zero-order valence-corrected chi connectivity index (χ0v) is 7.16. The Balaban J connectivity index is 2.00. The van der Waals surface area contributed by atoms with Gasteiger partial charge in [0.2, 0.25) is 0 Å². The number of ether oxygens (including phenoxy) is 2. The molecule has 2 heteroatoms. The smallest absolute Gasteiger partial charge is 0.112 e. The van der Waals surface area contributed by atoms with E-state index in [1.54, 1.807) is 18.2 Å². The Hall–Kier alpha value is -1.02. The molecule has 0 bridgehead atoms. The summed E-state index contributed by atoms with van der Waals surface area (Å²) in [6.45, 7) is 8.83. The van der Waals surface area contributed by atoms with Crippen LogP contribution in [0.3, 0.4) is 0 Å². The van der Waals surface area contributed by atoms with Crippen LogP contribution in [-0.2, 0) is 9.47 Å². The zero-order valence-electron chi connectivity index (χ0n) is 7.16. The Morgan fingerprint density at radius 3 is 3.00 bits per heavy atom. The molecule has 0 aromatic rings. The Morgan fingerprint density at radius 2 is 2.42 bits per heavy atom. The Morgan fingerprint density at radius 1 is 1.67 bits per heavy atom. The van der Waals surface area contributed by atoms with E-state index in [0.717, 1.165) is 13.0 Å². The van der Waals surface area contributed by atoms with Crippen LogP contribution in [0.4, 0.5) is 0 Å². The molecule has 1 saturated heterocycles. The molecule has 12 heavy (non-hydrogen) atoms. The third-order valence-electron chi connectivity index (χ3n) is 1.55. The lowest BCUT2D eigenvalue weighted by atomic mass is 10.3. The van der Waals surface area contributed by atoms with Crippen molar-refractivity contribution < 1.29 is 9.47 Å². The predicted molar refractivity (Wildman–Crippen MR) is 48.8 cm³/mol. The number of rotatable bonds is 6. The molecule has 1 unspecified atom stereocenters. The van der Waals surface area contributed by atoms with Crippen LogP contribution in [0.2, 0.25) is 0 Å². The van der Waals surface area contributed by atoms with Gasteiger partial charge in [-0.05, 0) is 6.08 Å². The lowest BCUT2D eigenvalue weighted by Gasteiger charge is -2.02. The minimum atomic E-state index is 0.432. The lowest BCUT2D eigenvalue weighted by Crippen LogP contribution is -1.96. The molecule has 2 nitrogen and oxygen atoms in total. The number of hydrogen-bond donors (Lipinski definition) is 0. The highest BCUT2D eigenvalue weighted by atomic mass is 16.6. The summed E-state index contributed by atoms with van der Waals surface area (Å²) < 4.78 is 10.3. The fraction of sp³-hybridized carbons (Fsp3) is 0.400. The second-order valence-electron chi connectivity index (χ2n) is 2.65. The van der Waals surface area contributed by atoms with Crippen LogP contribution >= 0.6 is 0 Å². The van der Waals surface area contributed by atoms with E-state index in [-0.39, 0.29) is 0 Å². The Labute approximate surface area is 73.2 Å². The number of allylic oxidation sites excluding steroid dienone is 3. The van der Waals surface area contributed by atoms with Crippen LogP contribution in [0.5, 0.6) is 0 Å². The topological polar surface area (TPSA) is 21.8 Å². The van der Waals surface area contributed by atoms with Crippen LogP contribution in [0.25, 0.3) is 0 Å². The summed E-state index contributed by atoms with van der Waals surface area (Å²) >= 11 is 0. The van der Waals surface area contributed by atoms with Crippen molar-refractivity contribution in [3.63, 3.8) is 0 Å². The molecule has 0 amide bonds. The first-order valence-electron chi connectivity index (χ1n) is 4.05. The highest BCUT2D eigenvalue weighted by Crippen LogP contribution is 2.13. The molecular formula is C10H14O2. The molecule has 0 spiro atoms. The van der Waals surface area contributed by atoms with Gasteiger partial charge in [0.15, 0.2) is 0 Å². The van der Waals surface area contributed by atoms with Gasteiger partial charge in [-0.2, -0.15) is 0 Å². The van der Waals surface area contributed by atoms with Crippen molar-refractivity contribution in [2.75, 3.05) is 13.2 Å². The van der Waals surface area contributed by atoms with Crippen molar-refractivity contribution in [3.8, 4) is 0 Å². The zero-order chi connectivity index (χ0) is 8.81. The Bertz CT molecular complexity index is 190. The van der Waals surface area contributed by atoms with Gasteiger partial charge in [-0.1, -0.05) is 25.3 Å². The maximum absolute atomic E-state index is 5.29. The summed E-state index contributed by atoms with van der Waals surface area (Å²) in [6, 6.07) is 0. The molecule has 1 atom stereocenters. The van der Waals surface area contributed by atoms with Crippen LogP contribution in [-0.4, -0.2) is 19.3 Å². The highest BCUT2D eigenvalue weighted by Gasteiger charge is 2.21. The SMILES string of the molecule is C=C/C=C\C(=C)OCCC1CO1. The maximum Gasteiger partial charge on any atom is 0.112 e. The minimum Gasteiger partial charge on any atom is -0.494 e. The van der Waals surface area contributed by atoms with Crippen LogP contribution in [0, 0.1) is 0 Å². The van der Waals surface area contributed by atoms with E-state index >= 15 is 0 Å². The first-order valence-corrected chi connectivity index (χ1v) is 4.05. The fourth-order valence-electron chi connectivity index (χ4n) is 0.780. The molecule has 1 aliphatic heterocycles. The fourth-order valence-corrected chi connectivity index (χ4v) is 0.780. The summed E-state index contributed by atoms with van der Waals surface area (Å²) in [5.74, 6) is 0.676. The van der Waals surface area contributed by atoms with Crippen molar-refractivity contribution in [2.24, 2.45) is 0 Å². The molecule has 1 rings (SSSR count). The van der Waals surface area contributed by atoms with Crippen molar-refractivity contribution in [1.82, 2.24) is 0 Å². The monoisotopic (exact) mass is 166 g/mol. The first-order chi connectivity index (χ1) is 5.83. The molecule has 0 N–H and O–H groups in total. The third kappa shape index (κ3) is 3.98. The molecule has 1 aliphatic rings. The maximum atomic E-state index is 5.29. The quantitative estimate of drug-likeness (QED) is 0.342. The van der Waals surface area contributed by atoms with E-state index < -0.39 is 0 Å². The van der Waals surface area contributed by atoms with Crippen molar-refractivity contribution in [3.05, 3.63) is 37.1 Å². The van der Waals surface area contributed by atoms with Gasteiger partial charge < -0.3 is 9.47 Å². The molecule has 0 aromatic carbocycles. The van der Waals surface area contributed by atoms with E-state index in [1.165, 1.54) is 0 Å². The van der Waals surface area contributed by atoms with Gasteiger partial charge in [-0.15, -0.1) is 0 Å². The second-order valence-corrected chi connectivity index (χ2v) is 2.65. The van der Waals surface area contributed by atoms with E-state index in [2.05, 4.69) is 13.2 Å². The molecule has 0 radical (unpaired) electrons. The molecule has 0 aromatic heterocycles. The molecule has 0 saturated carbocycles. The van der Waals surface area contributed by atoms with Crippen molar-refractivity contribution in [2.45, 2.75) is 12.5 Å². The molecule has 0 aliphatic carbocycles. The standard InChI is InChI=1S/C10H14O2/c1-3-4-5-9(2)11-7-6-10-8-12-10/h3-5,10H,1-2,6-8H2/b5-4-. The van der Waals surface area contributed by atoms with Gasteiger partial charge >= 0.3 is 0 Å². The van der Waals surface area contributed by atoms with Crippen LogP contribution in [0.15, 0.2) is 37.1 Å². The Kier molecular flexibility index (Phi) is 3.61.